The molecule has 10 nitrogen and oxygen atoms in total. The number of esters is 2. The smallest absolute Gasteiger partial charge is 0.462 e. The second-order valence-corrected chi connectivity index (χ2v) is 16.9. The Labute approximate surface area is 323 Å². The van der Waals surface area contributed by atoms with Crippen LogP contribution in [0.15, 0.2) is 36.5 Å². The third-order valence-electron chi connectivity index (χ3n) is 9.08. The van der Waals surface area contributed by atoms with Crippen molar-refractivity contribution in [2.75, 3.05) is 47.5 Å². The fourth-order valence-electron chi connectivity index (χ4n) is 5.63. The number of phosphoric acid groups is 1. The van der Waals surface area contributed by atoms with Gasteiger partial charge in [0.15, 0.2) is 6.10 Å². The van der Waals surface area contributed by atoms with Gasteiger partial charge >= 0.3 is 19.8 Å². The summed E-state index contributed by atoms with van der Waals surface area (Å²) in [5.74, 6) is -0.873. The predicted octanol–water partition coefficient (Wildman–Crippen LogP) is 10.3. The van der Waals surface area contributed by atoms with E-state index in [0.29, 0.717) is 23.9 Å². The Bertz CT molecular complexity index is 1070. The SMILES string of the molecule is CCCCC/C=C\C/C=C\CC1OC1C/C=C\CCCC(=O)OC(COC(=O)CCCCCCCCCCCCC)COP(=O)(O)OCC[N+](C)(C)C. The highest BCUT2D eigenvalue weighted by molar-refractivity contribution is 7.47. The molecule has 1 aliphatic rings. The Morgan fingerprint density at radius 3 is 1.85 bits per heavy atom. The molecule has 0 bridgehead atoms. The number of likely N-dealkylation sites (N-methyl/N-ethyl adjacent to an activating group) is 1. The Morgan fingerprint density at radius 1 is 0.679 bits per heavy atom. The zero-order chi connectivity index (χ0) is 39.0. The van der Waals surface area contributed by atoms with Gasteiger partial charge < -0.3 is 23.6 Å². The molecule has 308 valence electrons. The molecule has 0 aromatic heterocycles. The Morgan fingerprint density at radius 2 is 1.21 bits per heavy atom. The van der Waals surface area contributed by atoms with Crippen molar-refractivity contribution in [3.8, 4) is 0 Å². The maximum atomic E-state index is 12.7. The van der Waals surface area contributed by atoms with E-state index in [1.54, 1.807) is 0 Å². The van der Waals surface area contributed by atoms with E-state index in [1.807, 2.05) is 21.1 Å². The first-order chi connectivity index (χ1) is 25.5. The molecule has 1 fully saturated rings. The minimum absolute atomic E-state index is 0.0187. The lowest BCUT2D eigenvalue weighted by atomic mass is 10.1. The highest BCUT2D eigenvalue weighted by Crippen LogP contribution is 2.43. The van der Waals surface area contributed by atoms with Crippen LogP contribution in [-0.4, -0.2) is 87.1 Å². The Kier molecular flexibility index (Phi) is 29.2. The van der Waals surface area contributed by atoms with Crippen LogP contribution in [0.25, 0.3) is 0 Å². The van der Waals surface area contributed by atoms with Crippen LogP contribution >= 0.6 is 7.82 Å². The largest absolute Gasteiger partial charge is 0.472 e. The van der Waals surface area contributed by atoms with Gasteiger partial charge in [0.1, 0.15) is 19.8 Å². The molecule has 0 spiro atoms. The molecule has 4 unspecified atom stereocenters. The number of carbonyl (C=O) groups is 2. The maximum absolute atomic E-state index is 12.7. The first kappa shape index (κ1) is 49.2. The zero-order valence-electron chi connectivity index (χ0n) is 34.2. The van der Waals surface area contributed by atoms with E-state index in [-0.39, 0.29) is 44.2 Å². The van der Waals surface area contributed by atoms with Gasteiger partial charge in [-0.15, -0.1) is 0 Å². The predicted molar refractivity (Wildman–Crippen MR) is 214 cm³/mol. The quantitative estimate of drug-likeness (QED) is 0.0166. The van der Waals surface area contributed by atoms with E-state index in [4.69, 9.17) is 23.3 Å². The molecule has 0 aromatic carbocycles. The van der Waals surface area contributed by atoms with Crippen LogP contribution in [0.2, 0.25) is 0 Å². The lowest BCUT2D eigenvalue weighted by molar-refractivity contribution is -0.870. The summed E-state index contributed by atoms with van der Waals surface area (Å²) in [6.45, 7) is 4.29. The average molecular weight is 771 g/mol. The molecule has 1 saturated heterocycles. The van der Waals surface area contributed by atoms with E-state index in [1.165, 1.54) is 70.6 Å². The van der Waals surface area contributed by atoms with Gasteiger partial charge in [0.25, 0.3) is 0 Å². The molecule has 0 aromatic rings. The summed E-state index contributed by atoms with van der Waals surface area (Å²) >= 11 is 0. The minimum atomic E-state index is -4.39. The van der Waals surface area contributed by atoms with Crippen molar-refractivity contribution in [3.05, 3.63) is 36.5 Å². The van der Waals surface area contributed by atoms with Gasteiger partial charge in [-0.2, -0.15) is 0 Å². The van der Waals surface area contributed by atoms with Gasteiger partial charge in [0.2, 0.25) is 0 Å². The maximum Gasteiger partial charge on any atom is 0.472 e. The van der Waals surface area contributed by atoms with Crippen LogP contribution < -0.4 is 0 Å². The van der Waals surface area contributed by atoms with Gasteiger partial charge in [-0.25, -0.2) is 4.57 Å². The lowest BCUT2D eigenvalue weighted by Crippen LogP contribution is -2.37. The number of rotatable bonds is 36. The van der Waals surface area contributed by atoms with Crippen molar-refractivity contribution in [1.29, 1.82) is 0 Å². The Balaban J connectivity index is 2.36. The second-order valence-electron chi connectivity index (χ2n) is 15.4. The highest BCUT2D eigenvalue weighted by atomic mass is 31.2. The molecule has 1 rings (SSSR count). The molecule has 1 heterocycles. The number of hydrogen-bond acceptors (Lipinski definition) is 8. The summed E-state index contributed by atoms with van der Waals surface area (Å²) in [5, 5.41) is 0. The number of unbranched alkanes of at least 4 members (excludes halogenated alkanes) is 14. The molecule has 1 aliphatic heterocycles. The molecule has 1 N–H and O–H groups in total. The number of epoxide rings is 1. The number of carbonyl (C=O) groups excluding carboxylic acids is 2. The first-order valence-corrected chi connectivity index (χ1v) is 22.3. The van der Waals surface area contributed by atoms with Crippen LogP contribution in [0, 0.1) is 0 Å². The van der Waals surface area contributed by atoms with E-state index in [9.17, 15) is 19.0 Å². The van der Waals surface area contributed by atoms with E-state index >= 15 is 0 Å². The number of phosphoric ester groups is 1. The van der Waals surface area contributed by atoms with Gasteiger partial charge in [0.05, 0.1) is 40.0 Å². The number of allylic oxidation sites excluding steroid dienone is 4. The van der Waals surface area contributed by atoms with Gasteiger partial charge in [0, 0.05) is 12.8 Å². The highest BCUT2D eigenvalue weighted by Gasteiger charge is 2.36. The zero-order valence-corrected chi connectivity index (χ0v) is 35.1. The topological polar surface area (TPSA) is 121 Å². The molecular weight excluding hydrogens is 693 g/mol. The molecule has 53 heavy (non-hydrogen) atoms. The normalized spacial score (nSPS) is 17.8. The molecule has 0 radical (unpaired) electrons. The number of quaternary nitrogens is 1. The summed E-state index contributed by atoms with van der Waals surface area (Å²) in [6, 6.07) is 0. The number of nitrogens with zero attached hydrogens (tertiary/aromatic N) is 1. The standard InChI is InChI=1S/C42H76NO9P/c1-6-8-10-12-14-16-17-19-21-23-28-32-41(44)48-36-38(37-50-53(46,47)49-35-34-43(3,4)5)51-42(45)33-29-25-24-27-31-40-39(52-40)30-26-22-20-18-15-13-11-9-7-2/h15,18,22,24,26-27,38-40H,6-14,16-17,19-21,23,25,28-37H2,1-5H3/p+1/b18-15-,26-22-,27-24-. The summed E-state index contributed by atoms with van der Waals surface area (Å²) in [7, 11) is 1.43. The van der Waals surface area contributed by atoms with Crippen LogP contribution in [-0.2, 0) is 37.4 Å². The summed E-state index contributed by atoms with van der Waals surface area (Å²) < 4.78 is 39.9. The fraction of sp³-hybridized carbons (Fsp3) is 0.810. The molecule has 0 amide bonds. The average Bonchev–Trinajstić information content (AvgIpc) is 3.86. The molecule has 11 heteroatoms. The molecule has 0 aliphatic carbocycles. The van der Waals surface area contributed by atoms with Gasteiger partial charge in [-0.1, -0.05) is 127 Å². The van der Waals surface area contributed by atoms with E-state index in [2.05, 4.69) is 50.3 Å². The van der Waals surface area contributed by atoms with Crippen LogP contribution in [0.5, 0.6) is 0 Å². The van der Waals surface area contributed by atoms with Crippen molar-refractivity contribution in [1.82, 2.24) is 0 Å². The lowest BCUT2D eigenvalue weighted by Gasteiger charge is -2.24. The summed E-state index contributed by atoms with van der Waals surface area (Å²) in [4.78, 5) is 35.3. The van der Waals surface area contributed by atoms with Crippen molar-refractivity contribution in [3.63, 3.8) is 0 Å². The number of ether oxygens (including phenoxy) is 3. The first-order valence-electron chi connectivity index (χ1n) is 20.8. The van der Waals surface area contributed by atoms with Crippen LogP contribution in [0.4, 0.5) is 0 Å². The van der Waals surface area contributed by atoms with Crippen molar-refractivity contribution < 1.29 is 46.8 Å². The molecule has 4 atom stereocenters. The van der Waals surface area contributed by atoms with Gasteiger partial charge in [-0.05, 0) is 51.4 Å². The van der Waals surface area contributed by atoms with Crippen molar-refractivity contribution in [2.24, 2.45) is 0 Å². The summed E-state index contributed by atoms with van der Waals surface area (Å²) in [6.07, 6.45) is 35.1. The van der Waals surface area contributed by atoms with E-state index < -0.39 is 26.5 Å². The summed E-state index contributed by atoms with van der Waals surface area (Å²) in [5.41, 5.74) is 0. The third kappa shape index (κ3) is 32.2. The third-order valence-corrected chi connectivity index (χ3v) is 10.1. The van der Waals surface area contributed by atoms with E-state index in [0.717, 1.165) is 44.9 Å². The number of hydrogen-bond donors (Lipinski definition) is 1. The monoisotopic (exact) mass is 771 g/mol. The van der Waals surface area contributed by atoms with Crippen LogP contribution in [0.1, 0.15) is 155 Å². The van der Waals surface area contributed by atoms with Crippen molar-refractivity contribution >= 4 is 19.8 Å². The minimum Gasteiger partial charge on any atom is -0.462 e. The molecule has 0 saturated carbocycles. The Hall–Kier alpha value is -1.81. The second kappa shape index (κ2) is 31.4. The van der Waals surface area contributed by atoms with Crippen molar-refractivity contribution in [2.45, 2.75) is 173 Å². The van der Waals surface area contributed by atoms with Crippen LogP contribution in [0.3, 0.4) is 0 Å². The fourth-order valence-corrected chi connectivity index (χ4v) is 6.38. The van der Waals surface area contributed by atoms with Gasteiger partial charge in [-0.3, -0.25) is 18.6 Å². The molecular formula is C42H77NO9P+.